The second-order valence-corrected chi connectivity index (χ2v) is 5.05. The molecule has 0 aliphatic heterocycles. The molecule has 1 amide bonds. The van der Waals surface area contributed by atoms with E-state index in [-0.39, 0.29) is 24.7 Å². The van der Waals surface area contributed by atoms with Gasteiger partial charge in [-0.15, -0.1) is 0 Å². The fourth-order valence-electron chi connectivity index (χ4n) is 1.99. The molecule has 4 heteroatoms. The highest BCUT2D eigenvalue weighted by molar-refractivity contribution is 5.97. The lowest BCUT2D eigenvalue weighted by atomic mass is 9.96. The molecule has 0 saturated heterocycles. The summed E-state index contributed by atoms with van der Waals surface area (Å²) in [6, 6.07) is 7.27. The highest BCUT2D eigenvalue weighted by Gasteiger charge is 2.22. The van der Waals surface area contributed by atoms with Crippen molar-refractivity contribution in [2.24, 2.45) is 0 Å². The third-order valence-corrected chi connectivity index (χ3v) is 3.42. The molecule has 0 bridgehead atoms. The summed E-state index contributed by atoms with van der Waals surface area (Å²) in [6.45, 7) is 1.95. The fourth-order valence-corrected chi connectivity index (χ4v) is 1.99. The van der Waals surface area contributed by atoms with E-state index < -0.39 is 0 Å². The Labute approximate surface area is 113 Å². The van der Waals surface area contributed by atoms with Crippen LogP contribution in [0.1, 0.15) is 43.0 Å². The fraction of sp³-hybridized carbons (Fsp3) is 0.533. The Morgan fingerprint density at radius 3 is 2.84 bits per heavy atom. The van der Waals surface area contributed by atoms with Crippen molar-refractivity contribution in [1.29, 1.82) is 0 Å². The summed E-state index contributed by atoms with van der Waals surface area (Å²) in [4.78, 5) is 12.2. The van der Waals surface area contributed by atoms with Crippen LogP contribution in [0, 0.1) is 0 Å². The molecule has 1 atom stereocenters. The second kappa shape index (κ2) is 6.57. The van der Waals surface area contributed by atoms with E-state index in [4.69, 9.17) is 9.84 Å². The van der Waals surface area contributed by atoms with E-state index in [0.717, 1.165) is 12.8 Å². The van der Waals surface area contributed by atoms with Gasteiger partial charge in [0.15, 0.2) is 0 Å². The van der Waals surface area contributed by atoms with Crippen LogP contribution in [0.5, 0.6) is 5.75 Å². The molecule has 1 unspecified atom stereocenters. The Hall–Kier alpha value is -1.55. The molecule has 0 aromatic heterocycles. The van der Waals surface area contributed by atoms with Gasteiger partial charge in [-0.2, -0.15) is 0 Å². The average Bonchev–Trinajstić information content (AvgIpc) is 2.34. The lowest BCUT2D eigenvalue weighted by Gasteiger charge is -2.27. The third kappa shape index (κ3) is 3.70. The SMILES string of the molecule is CC(CCO)NC(=O)c1ccccc1OC1CCC1. The summed E-state index contributed by atoms with van der Waals surface area (Å²) >= 11 is 0. The number of nitrogens with one attached hydrogen (secondary N) is 1. The molecule has 0 radical (unpaired) electrons. The van der Waals surface area contributed by atoms with E-state index in [0.29, 0.717) is 17.7 Å². The molecule has 19 heavy (non-hydrogen) atoms. The number of hydrogen-bond donors (Lipinski definition) is 2. The van der Waals surface area contributed by atoms with Gasteiger partial charge in [0, 0.05) is 12.6 Å². The number of carbonyl (C=O) groups is 1. The zero-order chi connectivity index (χ0) is 13.7. The van der Waals surface area contributed by atoms with Gasteiger partial charge in [-0.05, 0) is 44.7 Å². The highest BCUT2D eigenvalue weighted by atomic mass is 16.5. The molecule has 1 saturated carbocycles. The molecule has 4 nitrogen and oxygen atoms in total. The summed E-state index contributed by atoms with van der Waals surface area (Å²) in [7, 11) is 0. The van der Waals surface area contributed by atoms with E-state index in [1.165, 1.54) is 6.42 Å². The number of benzene rings is 1. The van der Waals surface area contributed by atoms with Crippen molar-refractivity contribution in [3.63, 3.8) is 0 Å². The van der Waals surface area contributed by atoms with Crippen LogP contribution in [0.4, 0.5) is 0 Å². The van der Waals surface area contributed by atoms with Gasteiger partial charge in [-0.1, -0.05) is 12.1 Å². The first-order valence-corrected chi connectivity index (χ1v) is 6.88. The maximum atomic E-state index is 12.2. The average molecular weight is 263 g/mol. The quantitative estimate of drug-likeness (QED) is 0.826. The van der Waals surface area contributed by atoms with Gasteiger partial charge < -0.3 is 15.2 Å². The Bertz CT molecular complexity index is 429. The van der Waals surface area contributed by atoms with Crippen LogP contribution in [-0.2, 0) is 0 Å². The number of aliphatic hydroxyl groups is 1. The third-order valence-electron chi connectivity index (χ3n) is 3.42. The standard InChI is InChI=1S/C15H21NO3/c1-11(9-10-17)16-15(18)13-7-2-3-8-14(13)19-12-5-4-6-12/h2-3,7-8,11-12,17H,4-6,9-10H2,1H3,(H,16,18). The molecule has 1 aliphatic rings. The van der Waals surface area contributed by atoms with Crippen molar-refractivity contribution < 1.29 is 14.6 Å². The van der Waals surface area contributed by atoms with Crippen LogP contribution in [0.2, 0.25) is 0 Å². The minimum Gasteiger partial charge on any atom is -0.490 e. The van der Waals surface area contributed by atoms with Crippen molar-refractivity contribution in [2.75, 3.05) is 6.61 Å². The van der Waals surface area contributed by atoms with Gasteiger partial charge in [0.2, 0.25) is 0 Å². The van der Waals surface area contributed by atoms with Crippen LogP contribution in [-0.4, -0.2) is 29.8 Å². The zero-order valence-corrected chi connectivity index (χ0v) is 11.3. The largest absolute Gasteiger partial charge is 0.490 e. The van der Waals surface area contributed by atoms with Crippen LogP contribution < -0.4 is 10.1 Å². The van der Waals surface area contributed by atoms with Gasteiger partial charge >= 0.3 is 0 Å². The molecule has 0 heterocycles. The number of aliphatic hydroxyl groups excluding tert-OH is 1. The Morgan fingerprint density at radius 2 is 2.21 bits per heavy atom. The van der Waals surface area contributed by atoms with E-state index in [1.54, 1.807) is 6.07 Å². The summed E-state index contributed by atoms with van der Waals surface area (Å²) < 4.78 is 5.83. The van der Waals surface area contributed by atoms with Crippen LogP contribution in [0.3, 0.4) is 0 Å². The molecule has 2 rings (SSSR count). The highest BCUT2D eigenvalue weighted by Crippen LogP contribution is 2.27. The lowest BCUT2D eigenvalue weighted by molar-refractivity contribution is 0.0910. The normalized spacial score (nSPS) is 16.5. The molecule has 0 spiro atoms. The van der Waals surface area contributed by atoms with Gasteiger partial charge in [0.25, 0.3) is 5.91 Å². The lowest BCUT2D eigenvalue weighted by Crippen LogP contribution is -2.34. The molecule has 2 N–H and O–H groups in total. The summed E-state index contributed by atoms with van der Waals surface area (Å²) in [6.07, 6.45) is 4.14. The Balaban J connectivity index is 2.03. The van der Waals surface area contributed by atoms with Crippen molar-refractivity contribution in [3.05, 3.63) is 29.8 Å². The first kappa shape index (κ1) is 13.9. The van der Waals surface area contributed by atoms with Crippen LogP contribution in [0.15, 0.2) is 24.3 Å². The van der Waals surface area contributed by atoms with Gasteiger partial charge in [0.1, 0.15) is 5.75 Å². The van der Waals surface area contributed by atoms with E-state index in [1.807, 2.05) is 25.1 Å². The number of ether oxygens (including phenoxy) is 1. The monoisotopic (exact) mass is 263 g/mol. The second-order valence-electron chi connectivity index (χ2n) is 5.05. The van der Waals surface area contributed by atoms with Gasteiger partial charge in [-0.25, -0.2) is 0 Å². The molecular formula is C15H21NO3. The number of hydrogen-bond acceptors (Lipinski definition) is 3. The maximum Gasteiger partial charge on any atom is 0.255 e. The summed E-state index contributed by atoms with van der Waals surface area (Å²) in [5.74, 6) is 0.511. The van der Waals surface area contributed by atoms with Gasteiger partial charge in [0.05, 0.1) is 11.7 Å². The summed E-state index contributed by atoms with van der Waals surface area (Å²) in [5, 5.41) is 11.7. The Morgan fingerprint density at radius 1 is 1.47 bits per heavy atom. The summed E-state index contributed by atoms with van der Waals surface area (Å²) in [5.41, 5.74) is 0.569. The predicted octanol–water partition coefficient (Wildman–Crippen LogP) is 2.12. The van der Waals surface area contributed by atoms with E-state index in [9.17, 15) is 4.79 Å². The molecule has 104 valence electrons. The van der Waals surface area contributed by atoms with Crippen LogP contribution in [0.25, 0.3) is 0 Å². The minimum absolute atomic E-state index is 0.0470. The Kier molecular flexibility index (Phi) is 4.80. The number of carbonyl (C=O) groups excluding carboxylic acids is 1. The number of rotatable bonds is 6. The first-order chi connectivity index (χ1) is 9.20. The van der Waals surface area contributed by atoms with Crippen LogP contribution >= 0.6 is 0 Å². The number of amides is 1. The van der Waals surface area contributed by atoms with E-state index in [2.05, 4.69) is 5.32 Å². The molecule has 1 aromatic carbocycles. The van der Waals surface area contributed by atoms with Crippen molar-refractivity contribution in [3.8, 4) is 5.75 Å². The zero-order valence-electron chi connectivity index (χ0n) is 11.3. The molecule has 1 fully saturated rings. The molecule has 1 aliphatic carbocycles. The minimum atomic E-state index is -0.143. The van der Waals surface area contributed by atoms with Crippen molar-refractivity contribution in [2.45, 2.75) is 44.8 Å². The van der Waals surface area contributed by atoms with Gasteiger partial charge in [-0.3, -0.25) is 4.79 Å². The smallest absolute Gasteiger partial charge is 0.255 e. The van der Waals surface area contributed by atoms with E-state index >= 15 is 0 Å². The predicted molar refractivity (Wildman–Crippen MR) is 73.3 cm³/mol. The molecule has 1 aromatic rings. The number of para-hydroxylation sites is 1. The van der Waals surface area contributed by atoms with Crippen molar-refractivity contribution >= 4 is 5.91 Å². The molecular weight excluding hydrogens is 242 g/mol. The van der Waals surface area contributed by atoms with Crippen molar-refractivity contribution in [1.82, 2.24) is 5.32 Å². The topological polar surface area (TPSA) is 58.6 Å². The first-order valence-electron chi connectivity index (χ1n) is 6.88. The maximum absolute atomic E-state index is 12.2.